The predicted octanol–water partition coefficient (Wildman–Crippen LogP) is 3.28. The Morgan fingerprint density at radius 3 is 2.67 bits per heavy atom. The Labute approximate surface area is 111 Å². The number of hydrogen-bond donors (Lipinski definition) is 0. The molecule has 1 saturated carbocycles. The van der Waals surface area contributed by atoms with E-state index in [1.807, 2.05) is 6.92 Å². The lowest BCUT2D eigenvalue weighted by Gasteiger charge is -2.23. The predicted molar refractivity (Wildman–Crippen MR) is 70.6 cm³/mol. The molecule has 0 spiro atoms. The molecular formula is C14H15F2NS. The van der Waals surface area contributed by atoms with Gasteiger partial charge in [-0.15, -0.1) is 0 Å². The molecule has 1 aromatic rings. The molecule has 4 heteroatoms. The molecule has 3 rings (SSSR count). The first-order chi connectivity index (χ1) is 8.55. The summed E-state index contributed by atoms with van der Waals surface area (Å²) in [7, 11) is 0. The molecule has 1 saturated heterocycles. The minimum Gasteiger partial charge on any atom is -0.365 e. The largest absolute Gasteiger partial charge is 0.365 e. The molecule has 0 radical (unpaired) electrons. The zero-order valence-electron chi connectivity index (χ0n) is 10.2. The van der Waals surface area contributed by atoms with Crippen molar-refractivity contribution in [3.8, 4) is 0 Å². The Bertz CT molecular complexity index is 496. The second kappa shape index (κ2) is 3.98. The number of fused-ring (bicyclic) bond motifs is 1. The number of hydrogen-bond acceptors (Lipinski definition) is 1. The summed E-state index contributed by atoms with van der Waals surface area (Å²) < 4.78 is 26.6. The van der Waals surface area contributed by atoms with Gasteiger partial charge in [0.15, 0.2) is 0 Å². The molecule has 1 aliphatic carbocycles. The van der Waals surface area contributed by atoms with Gasteiger partial charge in [-0.1, -0.05) is 19.1 Å². The van der Waals surface area contributed by atoms with Crippen LogP contribution in [0.4, 0.5) is 8.78 Å². The van der Waals surface area contributed by atoms with E-state index in [1.165, 1.54) is 12.1 Å². The van der Waals surface area contributed by atoms with E-state index in [2.05, 4.69) is 4.90 Å². The summed E-state index contributed by atoms with van der Waals surface area (Å²) >= 11 is 5.32. The smallest absolute Gasteiger partial charge is 0.126 e. The number of piperidine rings is 1. The third-order valence-corrected chi connectivity index (χ3v) is 4.79. The van der Waals surface area contributed by atoms with Crippen molar-refractivity contribution in [2.45, 2.75) is 25.2 Å². The van der Waals surface area contributed by atoms with Crippen molar-refractivity contribution in [1.82, 2.24) is 4.90 Å². The van der Waals surface area contributed by atoms with Crippen molar-refractivity contribution < 1.29 is 8.78 Å². The second-order valence-electron chi connectivity index (χ2n) is 5.34. The van der Waals surface area contributed by atoms with E-state index in [0.29, 0.717) is 5.92 Å². The topological polar surface area (TPSA) is 3.24 Å². The highest BCUT2D eigenvalue weighted by Crippen LogP contribution is 2.59. The molecule has 18 heavy (non-hydrogen) atoms. The van der Waals surface area contributed by atoms with Crippen LogP contribution in [0.25, 0.3) is 0 Å². The second-order valence-corrected chi connectivity index (χ2v) is 5.81. The fourth-order valence-corrected chi connectivity index (χ4v) is 3.32. The Balaban J connectivity index is 1.88. The van der Waals surface area contributed by atoms with Gasteiger partial charge >= 0.3 is 0 Å². The molecule has 2 fully saturated rings. The molecule has 0 amide bonds. The first kappa shape index (κ1) is 12.0. The maximum atomic E-state index is 13.3. The van der Waals surface area contributed by atoms with E-state index in [4.69, 9.17) is 12.2 Å². The van der Waals surface area contributed by atoms with Crippen molar-refractivity contribution in [1.29, 1.82) is 0 Å². The first-order valence-corrected chi connectivity index (χ1v) is 6.70. The molecule has 96 valence electrons. The average molecular weight is 267 g/mol. The molecular weight excluding hydrogens is 252 g/mol. The van der Waals surface area contributed by atoms with Crippen LogP contribution in [0.15, 0.2) is 18.2 Å². The molecule has 0 aromatic heterocycles. The van der Waals surface area contributed by atoms with E-state index in [9.17, 15) is 8.78 Å². The van der Waals surface area contributed by atoms with E-state index in [0.717, 1.165) is 42.5 Å². The van der Waals surface area contributed by atoms with Crippen molar-refractivity contribution in [3.05, 3.63) is 35.4 Å². The summed E-state index contributed by atoms with van der Waals surface area (Å²) in [6, 6.07) is 3.88. The number of rotatable bonds is 2. The summed E-state index contributed by atoms with van der Waals surface area (Å²) in [4.78, 5) is 3.14. The van der Waals surface area contributed by atoms with Crippen LogP contribution in [-0.4, -0.2) is 23.0 Å². The van der Waals surface area contributed by atoms with Crippen LogP contribution in [0.2, 0.25) is 0 Å². The van der Waals surface area contributed by atoms with Crippen LogP contribution in [0.3, 0.4) is 0 Å². The van der Waals surface area contributed by atoms with Crippen molar-refractivity contribution >= 4 is 17.2 Å². The zero-order valence-corrected chi connectivity index (χ0v) is 11.1. The number of halogens is 2. The maximum Gasteiger partial charge on any atom is 0.126 e. The lowest BCUT2D eigenvalue weighted by molar-refractivity contribution is 0.446. The lowest BCUT2D eigenvalue weighted by Crippen LogP contribution is -2.31. The highest BCUT2D eigenvalue weighted by atomic mass is 32.1. The van der Waals surface area contributed by atoms with Gasteiger partial charge in [-0.2, -0.15) is 0 Å². The minimum atomic E-state index is -0.485. The van der Waals surface area contributed by atoms with Gasteiger partial charge in [-0.3, -0.25) is 0 Å². The fraction of sp³-hybridized carbons (Fsp3) is 0.500. The Kier molecular flexibility index (Phi) is 2.66. The number of benzene rings is 1. The van der Waals surface area contributed by atoms with Crippen LogP contribution < -0.4 is 0 Å². The Hall–Kier alpha value is -1.03. The van der Waals surface area contributed by atoms with Crippen LogP contribution in [0.5, 0.6) is 0 Å². The third kappa shape index (κ3) is 1.74. The Morgan fingerprint density at radius 1 is 1.39 bits per heavy atom. The minimum absolute atomic E-state index is 0.0534. The molecule has 1 aliphatic heterocycles. The van der Waals surface area contributed by atoms with Gasteiger partial charge in [0.2, 0.25) is 0 Å². The van der Waals surface area contributed by atoms with Crippen molar-refractivity contribution in [3.63, 3.8) is 0 Å². The van der Waals surface area contributed by atoms with Crippen molar-refractivity contribution in [2.75, 3.05) is 13.1 Å². The number of thiocarbonyl (C=S) groups is 1. The van der Waals surface area contributed by atoms with Crippen LogP contribution in [0, 0.1) is 17.6 Å². The van der Waals surface area contributed by atoms with Gasteiger partial charge in [0.1, 0.15) is 11.6 Å². The molecule has 1 nitrogen and oxygen atoms in total. The number of likely N-dealkylation sites (tertiary alicyclic amines) is 1. The van der Waals surface area contributed by atoms with Gasteiger partial charge in [-0.25, -0.2) is 8.78 Å². The number of nitrogens with zero attached hydrogens (tertiary/aromatic N) is 1. The highest BCUT2D eigenvalue weighted by molar-refractivity contribution is 7.80. The van der Waals surface area contributed by atoms with Crippen LogP contribution in [0.1, 0.15) is 25.3 Å². The lowest BCUT2D eigenvalue weighted by atomic mass is 9.95. The summed E-state index contributed by atoms with van der Waals surface area (Å²) in [6.45, 7) is 3.79. The third-order valence-electron chi connectivity index (χ3n) is 4.24. The quantitative estimate of drug-likeness (QED) is 0.757. The van der Waals surface area contributed by atoms with E-state index < -0.39 is 11.6 Å². The standard InChI is InChI=1S/C14H15F2NS/c1-2-13(18)17-7-10-6-14(10,8-17)9-3-11(15)5-12(16)4-9/h3-5,10H,2,6-8H2,1H3/t10-,14+/m0/s1. The van der Waals surface area contributed by atoms with Gasteiger partial charge in [0.25, 0.3) is 0 Å². The molecule has 0 bridgehead atoms. The molecule has 0 unspecified atom stereocenters. The summed E-state index contributed by atoms with van der Waals surface area (Å²) in [6.07, 6.45) is 1.88. The monoisotopic (exact) mass is 267 g/mol. The highest BCUT2D eigenvalue weighted by Gasteiger charge is 2.61. The zero-order chi connectivity index (χ0) is 12.9. The van der Waals surface area contributed by atoms with E-state index >= 15 is 0 Å². The van der Waals surface area contributed by atoms with Gasteiger partial charge in [-0.05, 0) is 36.5 Å². The van der Waals surface area contributed by atoms with E-state index in [-0.39, 0.29) is 5.41 Å². The molecule has 0 N–H and O–H groups in total. The summed E-state index contributed by atoms with van der Waals surface area (Å²) in [5.74, 6) is -0.466. The SMILES string of the molecule is CCC(=S)N1C[C@@H]2C[C@]2(c2cc(F)cc(F)c2)C1. The summed E-state index contributed by atoms with van der Waals surface area (Å²) in [5, 5.41) is 0. The van der Waals surface area contributed by atoms with Crippen LogP contribution in [-0.2, 0) is 5.41 Å². The van der Waals surface area contributed by atoms with Crippen molar-refractivity contribution in [2.24, 2.45) is 5.92 Å². The normalized spacial score (nSPS) is 29.3. The first-order valence-electron chi connectivity index (χ1n) is 6.29. The van der Waals surface area contributed by atoms with E-state index in [1.54, 1.807) is 0 Å². The van der Waals surface area contributed by atoms with Gasteiger partial charge in [0, 0.05) is 24.6 Å². The van der Waals surface area contributed by atoms with Crippen LogP contribution >= 0.6 is 12.2 Å². The fourth-order valence-electron chi connectivity index (χ4n) is 3.18. The average Bonchev–Trinajstić information content (AvgIpc) is 2.90. The van der Waals surface area contributed by atoms with Gasteiger partial charge in [0.05, 0.1) is 4.99 Å². The molecule has 1 heterocycles. The summed E-state index contributed by atoms with van der Waals surface area (Å²) in [5.41, 5.74) is 0.744. The maximum absolute atomic E-state index is 13.3. The molecule has 2 aliphatic rings. The molecule has 2 atom stereocenters. The Morgan fingerprint density at radius 2 is 2.06 bits per heavy atom. The molecule has 1 aromatic carbocycles. The van der Waals surface area contributed by atoms with Gasteiger partial charge < -0.3 is 4.90 Å².